The van der Waals surface area contributed by atoms with E-state index in [0.717, 1.165) is 15.7 Å². The van der Waals surface area contributed by atoms with Gasteiger partial charge in [-0.2, -0.15) is 0 Å². The molecule has 0 unspecified atom stereocenters. The lowest BCUT2D eigenvalue weighted by molar-refractivity contribution is -0.121. The maximum absolute atomic E-state index is 12.2. The number of nitrogens with zero attached hydrogens (tertiary/aromatic N) is 3. The van der Waals surface area contributed by atoms with Crippen molar-refractivity contribution in [2.24, 2.45) is 0 Å². The van der Waals surface area contributed by atoms with Gasteiger partial charge in [-0.25, -0.2) is 9.48 Å². The molecule has 2 aromatic carbocycles. The van der Waals surface area contributed by atoms with Gasteiger partial charge in [0.05, 0.1) is 11.3 Å². The predicted octanol–water partition coefficient (Wildman–Crippen LogP) is 4.20. The van der Waals surface area contributed by atoms with Crippen LogP contribution in [0.25, 0.3) is 5.69 Å². The van der Waals surface area contributed by atoms with E-state index in [1.54, 1.807) is 36.0 Å². The summed E-state index contributed by atoms with van der Waals surface area (Å²) in [5.41, 5.74) is 1.85. The summed E-state index contributed by atoms with van der Waals surface area (Å²) in [4.78, 5) is 25.9. The zero-order chi connectivity index (χ0) is 20.1. The van der Waals surface area contributed by atoms with Crippen molar-refractivity contribution in [2.45, 2.75) is 4.34 Å². The monoisotopic (exact) mass is 431 g/mol. The third-order valence-electron chi connectivity index (χ3n) is 3.90. The summed E-state index contributed by atoms with van der Waals surface area (Å²) < 4.78 is 8.30. The number of para-hydroxylation sites is 1. The van der Waals surface area contributed by atoms with Gasteiger partial charge in [0.1, 0.15) is 0 Å². The first kappa shape index (κ1) is 20.2. The molecule has 0 saturated heterocycles. The van der Waals surface area contributed by atoms with Crippen molar-refractivity contribution < 1.29 is 14.3 Å². The van der Waals surface area contributed by atoms with E-state index in [-0.39, 0.29) is 12.5 Å². The Morgan fingerprint density at radius 3 is 2.46 bits per heavy atom. The molecule has 0 radical (unpaired) electrons. The Kier molecular flexibility index (Phi) is 6.61. The number of amides is 1. The van der Waals surface area contributed by atoms with Gasteiger partial charge < -0.3 is 9.64 Å². The predicted molar refractivity (Wildman–Crippen MR) is 114 cm³/mol. The fourth-order valence-corrected chi connectivity index (χ4v) is 4.13. The molecule has 1 heterocycles. The van der Waals surface area contributed by atoms with E-state index in [1.165, 1.54) is 28.0 Å². The molecular formula is C19H17N3O3S3. The molecule has 1 aromatic heterocycles. The first-order valence-electron chi connectivity index (χ1n) is 8.23. The number of hydrogen-bond donors (Lipinski definition) is 0. The first-order valence-corrected chi connectivity index (χ1v) is 10.7. The Bertz CT molecular complexity index is 1030. The van der Waals surface area contributed by atoms with Crippen molar-refractivity contribution >= 4 is 52.9 Å². The largest absolute Gasteiger partial charge is 0.452 e. The van der Waals surface area contributed by atoms with Crippen molar-refractivity contribution in [2.75, 3.05) is 24.8 Å². The Hall–Kier alpha value is -2.49. The Balaban J connectivity index is 1.62. The van der Waals surface area contributed by atoms with Crippen LogP contribution in [0.15, 0.2) is 58.9 Å². The second-order valence-electron chi connectivity index (χ2n) is 5.66. The van der Waals surface area contributed by atoms with Gasteiger partial charge in [-0.3, -0.25) is 4.79 Å². The highest BCUT2D eigenvalue weighted by molar-refractivity contribution is 8.00. The topological polar surface area (TPSA) is 64.4 Å². The molecular weight excluding hydrogens is 414 g/mol. The number of carbonyl (C=O) groups is 2. The quantitative estimate of drug-likeness (QED) is 0.331. The van der Waals surface area contributed by atoms with Gasteiger partial charge in [-0.1, -0.05) is 41.3 Å². The summed E-state index contributed by atoms with van der Waals surface area (Å²) in [5, 5.41) is 4.41. The summed E-state index contributed by atoms with van der Waals surface area (Å²) in [6, 6.07) is 15.9. The van der Waals surface area contributed by atoms with E-state index < -0.39 is 5.97 Å². The van der Waals surface area contributed by atoms with E-state index in [1.807, 2.05) is 36.6 Å². The highest BCUT2D eigenvalue weighted by Gasteiger charge is 2.15. The van der Waals surface area contributed by atoms with Crippen LogP contribution in [0.5, 0.6) is 0 Å². The molecule has 0 N–H and O–H groups in total. The summed E-state index contributed by atoms with van der Waals surface area (Å²) >= 11 is 8.27. The number of ether oxygens (including phenoxy) is 1. The minimum absolute atomic E-state index is 0.311. The zero-order valence-corrected chi connectivity index (χ0v) is 17.6. The number of thioether (sulfide) groups is 1. The van der Waals surface area contributed by atoms with Crippen molar-refractivity contribution in [1.82, 2.24) is 9.78 Å². The van der Waals surface area contributed by atoms with Crippen LogP contribution >= 0.6 is 35.3 Å². The number of benzene rings is 2. The fourth-order valence-electron chi connectivity index (χ4n) is 2.35. The first-order chi connectivity index (χ1) is 13.5. The summed E-state index contributed by atoms with van der Waals surface area (Å²) in [6.45, 7) is -0.333. The number of carbonyl (C=O) groups excluding carboxylic acids is 2. The molecule has 0 aliphatic heterocycles. The lowest BCUT2D eigenvalue weighted by Gasteiger charge is -2.17. The van der Waals surface area contributed by atoms with Crippen LogP contribution in [-0.2, 0) is 9.53 Å². The molecule has 0 aliphatic rings. The number of aromatic nitrogens is 2. The smallest absolute Gasteiger partial charge is 0.338 e. The molecule has 144 valence electrons. The van der Waals surface area contributed by atoms with E-state index >= 15 is 0 Å². The van der Waals surface area contributed by atoms with Gasteiger partial charge in [0, 0.05) is 12.7 Å². The van der Waals surface area contributed by atoms with Gasteiger partial charge in [-0.15, -0.1) is 5.10 Å². The van der Waals surface area contributed by atoms with E-state index in [9.17, 15) is 9.59 Å². The standard InChI is InChI=1S/C19H17N3O3S3/c1-21(14-6-4-3-5-7-14)16(23)12-25-17(24)13-8-10-15(11-9-13)22-19(26)28-18(20-22)27-2/h3-11H,12H2,1-2H3. The van der Waals surface area contributed by atoms with Gasteiger partial charge in [0.2, 0.25) is 0 Å². The molecule has 0 spiro atoms. The summed E-state index contributed by atoms with van der Waals surface area (Å²) in [6.07, 6.45) is 1.94. The summed E-state index contributed by atoms with van der Waals surface area (Å²) in [5.74, 6) is -0.873. The average molecular weight is 432 g/mol. The van der Waals surface area contributed by atoms with Crippen LogP contribution in [0.4, 0.5) is 5.69 Å². The Labute approximate surface area is 175 Å². The van der Waals surface area contributed by atoms with Crippen LogP contribution in [0.3, 0.4) is 0 Å². The molecule has 0 atom stereocenters. The second-order valence-corrected chi connectivity index (χ2v) is 8.34. The Morgan fingerprint density at radius 2 is 1.86 bits per heavy atom. The molecule has 3 rings (SSSR count). The molecule has 3 aromatic rings. The number of anilines is 1. The fraction of sp³-hybridized carbons (Fsp3) is 0.158. The normalized spacial score (nSPS) is 10.5. The average Bonchev–Trinajstić information content (AvgIpc) is 3.12. The minimum atomic E-state index is -0.562. The van der Waals surface area contributed by atoms with Crippen molar-refractivity contribution in [3.05, 3.63) is 64.1 Å². The SMILES string of the molecule is CSc1nn(-c2ccc(C(=O)OCC(=O)N(C)c3ccccc3)cc2)c(=S)s1. The third-order valence-corrected chi connectivity index (χ3v) is 6.10. The molecule has 0 aliphatic carbocycles. The maximum atomic E-state index is 12.2. The van der Waals surface area contributed by atoms with Gasteiger partial charge in [-0.05, 0) is 54.9 Å². The number of rotatable bonds is 6. The zero-order valence-electron chi connectivity index (χ0n) is 15.2. The number of esters is 1. The third kappa shape index (κ3) is 4.67. The summed E-state index contributed by atoms with van der Waals surface area (Å²) in [7, 11) is 1.64. The number of hydrogen-bond acceptors (Lipinski definition) is 7. The van der Waals surface area contributed by atoms with Crippen LogP contribution in [0, 0.1) is 3.95 Å². The highest BCUT2D eigenvalue weighted by atomic mass is 32.2. The molecule has 28 heavy (non-hydrogen) atoms. The van der Waals surface area contributed by atoms with Crippen LogP contribution in [0.1, 0.15) is 10.4 Å². The van der Waals surface area contributed by atoms with Gasteiger partial charge in [0.15, 0.2) is 14.9 Å². The van der Waals surface area contributed by atoms with Gasteiger partial charge >= 0.3 is 5.97 Å². The molecule has 0 saturated carbocycles. The molecule has 6 nitrogen and oxygen atoms in total. The van der Waals surface area contributed by atoms with Crippen molar-refractivity contribution in [3.8, 4) is 5.69 Å². The lowest BCUT2D eigenvalue weighted by Crippen LogP contribution is -2.31. The lowest BCUT2D eigenvalue weighted by atomic mass is 10.2. The Morgan fingerprint density at radius 1 is 1.18 bits per heavy atom. The van der Waals surface area contributed by atoms with E-state index in [0.29, 0.717) is 9.52 Å². The molecule has 9 heteroatoms. The molecule has 1 amide bonds. The van der Waals surface area contributed by atoms with E-state index in [4.69, 9.17) is 17.0 Å². The maximum Gasteiger partial charge on any atom is 0.338 e. The van der Waals surface area contributed by atoms with Crippen LogP contribution in [-0.4, -0.2) is 41.6 Å². The van der Waals surface area contributed by atoms with E-state index in [2.05, 4.69) is 5.10 Å². The molecule has 0 bridgehead atoms. The van der Waals surface area contributed by atoms with Crippen molar-refractivity contribution in [1.29, 1.82) is 0 Å². The highest BCUT2D eigenvalue weighted by Crippen LogP contribution is 2.22. The second kappa shape index (κ2) is 9.13. The molecule has 0 fully saturated rings. The number of likely N-dealkylation sites (N-methyl/N-ethyl adjacent to an activating group) is 1. The van der Waals surface area contributed by atoms with Crippen LogP contribution < -0.4 is 4.90 Å². The van der Waals surface area contributed by atoms with Gasteiger partial charge in [0.25, 0.3) is 5.91 Å². The minimum Gasteiger partial charge on any atom is -0.452 e. The van der Waals surface area contributed by atoms with Crippen molar-refractivity contribution in [3.63, 3.8) is 0 Å². The van der Waals surface area contributed by atoms with Crippen LogP contribution in [0.2, 0.25) is 0 Å².